The number of rotatable bonds is 6. The van der Waals surface area contributed by atoms with E-state index >= 15 is 0 Å². The van der Waals surface area contributed by atoms with E-state index in [0.29, 0.717) is 0 Å². The van der Waals surface area contributed by atoms with Gasteiger partial charge in [-0.25, -0.2) is 17.5 Å². The fourth-order valence-electron chi connectivity index (χ4n) is 2.15. The predicted molar refractivity (Wildman–Crippen MR) is 82.4 cm³/mol. The van der Waals surface area contributed by atoms with Crippen LogP contribution in [0.2, 0.25) is 0 Å². The molecule has 1 rings (SSSR count). The Morgan fingerprint density at radius 3 is 2.40 bits per heavy atom. The summed E-state index contributed by atoms with van der Waals surface area (Å²) in [7, 11) is -3.74. The van der Waals surface area contributed by atoms with Crippen molar-refractivity contribution in [1.29, 1.82) is 0 Å². The summed E-state index contributed by atoms with van der Waals surface area (Å²) in [5.74, 6) is -0.398. The molecule has 0 fully saturated rings. The van der Waals surface area contributed by atoms with Crippen molar-refractivity contribution in [2.24, 2.45) is 5.92 Å². The van der Waals surface area contributed by atoms with Gasteiger partial charge in [-0.3, -0.25) is 0 Å². The Morgan fingerprint density at radius 1 is 1.35 bits per heavy atom. The van der Waals surface area contributed by atoms with Crippen LogP contribution >= 0.6 is 15.9 Å². The Hall–Kier alpha value is -0.660. The van der Waals surface area contributed by atoms with Crippen LogP contribution < -0.4 is 10.5 Å². The number of hydrogen-bond acceptors (Lipinski definition) is 3. The normalized spacial score (nSPS) is 13.7. The number of benzene rings is 1. The lowest BCUT2D eigenvalue weighted by Gasteiger charge is -2.22. The van der Waals surface area contributed by atoms with Crippen molar-refractivity contribution < 1.29 is 12.8 Å². The molecule has 114 valence electrons. The molecule has 20 heavy (non-hydrogen) atoms. The van der Waals surface area contributed by atoms with E-state index in [1.165, 1.54) is 0 Å². The molecule has 4 nitrogen and oxygen atoms in total. The fourth-order valence-corrected chi connectivity index (χ4v) is 4.51. The quantitative estimate of drug-likeness (QED) is 0.758. The van der Waals surface area contributed by atoms with Crippen LogP contribution in [0.25, 0.3) is 0 Å². The van der Waals surface area contributed by atoms with Gasteiger partial charge in [-0.15, -0.1) is 0 Å². The van der Waals surface area contributed by atoms with Gasteiger partial charge in [0.25, 0.3) is 0 Å². The highest BCUT2D eigenvalue weighted by Gasteiger charge is 2.24. The third-order valence-electron chi connectivity index (χ3n) is 3.44. The van der Waals surface area contributed by atoms with Gasteiger partial charge in [0.15, 0.2) is 0 Å². The summed E-state index contributed by atoms with van der Waals surface area (Å²) in [5, 5.41) is 0. The van der Waals surface area contributed by atoms with E-state index < -0.39 is 15.8 Å². The third-order valence-corrected chi connectivity index (χ3v) is 5.96. The molecule has 0 aliphatic carbocycles. The van der Waals surface area contributed by atoms with Crippen LogP contribution in [0, 0.1) is 11.7 Å². The topological polar surface area (TPSA) is 72.2 Å². The first kappa shape index (κ1) is 17.4. The maximum atomic E-state index is 13.3. The van der Waals surface area contributed by atoms with Crippen molar-refractivity contribution in [1.82, 2.24) is 4.72 Å². The average Bonchev–Trinajstić information content (AvgIpc) is 2.34. The number of anilines is 1. The summed E-state index contributed by atoms with van der Waals surface area (Å²) in [6.07, 6.45) is 1.76. The maximum Gasteiger partial charge on any atom is 0.242 e. The van der Waals surface area contributed by atoms with Crippen molar-refractivity contribution in [3.8, 4) is 0 Å². The lowest BCUT2D eigenvalue weighted by molar-refractivity contribution is 0.390. The van der Waals surface area contributed by atoms with Gasteiger partial charge in [0.05, 0.1) is 10.6 Å². The Balaban J connectivity index is 3.09. The molecule has 0 saturated heterocycles. The van der Waals surface area contributed by atoms with Crippen LogP contribution in [0.4, 0.5) is 10.1 Å². The highest BCUT2D eigenvalue weighted by atomic mass is 79.9. The van der Waals surface area contributed by atoms with Gasteiger partial charge in [0.1, 0.15) is 5.82 Å². The molecule has 1 aromatic rings. The average molecular weight is 367 g/mol. The lowest BCUT2D eigenvalue weighted by atomic mass is 9.96. The van der Waals surface area contributed by atoms with Gasteiger partial charge < -0.3 is 5.73 Å². The summed E-state index contributed by atoms with van der Waals surface area (Å²) in [5.41, 5.74) is 5.25. The van der Waals surface area contributed by atoms with Crippen LogP contribution in [0.1, 0.15) is 33.6 Å². The standard InChI is InChI=1S/C13H20BrFN2O2S/c1-4-9(5-2)8(3)17-20(18,19)13-7-12(16)11(15)6-10(13)14/h6-9,17H,4-5,16H2,1-3H3. The second-order valence-electron chi connectivity index (χ2n) is 4.79. The molecule has 1 aromatic carbocycles. The SMILES string of the molecule is CCC(CC)C(C)NS(=O)(=O)c1cc(N)c(F)cc1Br. The molecule has 0 amide bonds. The van der Waals surface area contributed by atoms with Gasteiger partial charge in [0.2, 0.25) is 10.0 Å². The first-order chi connectivity index (χ1) is 9.22. The molecule has 3 N–H and O–H groups in total. The molecule has 1 atom stereocenters. The molecule has 0 spiro atoms. The van der Waals surface area contributed by atoms with Crippen molar-refractivity contribution in [3.05, 3.63) is 22.4 Å². The summed E-state index contributed by atoms with van der Waals surface area (Å²) < 4.78 is 40.8. The van der Waals surface area contributed by atoms with E-state index in [1.807, 2.05) is 20.8 Å². The van der Waals surface area contributed by atoms with Crippen LogP contribution in [-0.2, 0) is 10.0 Å². The van der Waals surface area contributed by atoms with E-state index in [2.05, 4.69) is 20.7 Å². The zero-order chi connectivity index (χ0) is 15.5. The molecule has 0 saturated carbocycles. The van der Waals surface area contributed by atoms with Gasteiger partial charge in [-0.05, 0) is 40.9 Å². The first-order valence-electron chi connectivity index (χ1n) is 6.49. The number of nitrogen functional groups attached to an aromatic ring is 1. The third kappa shape index (κ3) is 3.93. The first-order valence-corrected chi connectivity index (χ1v) is 8.77. The Kier molecular flexibility index (Phi) is 5.97. The smallest absolute Gasteiger partial charge is 0.242 e. The Bertz CT molecular complexity index is 574. The second kappa shape index (κ2) is 6.87. The number of nitrogens with one attached hydrogen (secondary N) is 1. The van der Waals surface area contributed by atoms with Gasteiger partial charge in [-0.2, -0.15) is 0 Å². The molecular formula is C13H20BrFN2O2S. The molecular weight excluding hydrogens is 347 g/mol. The largest absolute Gasteiger partial charge is 0.396 e. The van der Waals surface area contributed by atoms with Crippen LogP contribution in [0.15, 0.2) is 21.5 Å². The van der Waals surface area contributed by atoms with E-state index in [4.69, 9.17) is 5.73 Å². The Labute approximate surface area is 128 Å². The number of sulfonamides is 1. The predicted octanol–water partition coefficient (Wildman–Crippen LogP) is 3.27. The number of hydrogen-bond donors (Lipinski definition) is 2. The molecule has 0 aliphatic heterocycles. The second-order valence-corrected chi connectivity index (χ2v) is 7.33. The minimum absolute atomic E-state index is 0.0470. The lowest BCUT2D eigenvalue weighted by Crippen LogP contribution is -2.37. The highest BCUT2D eigenvalue weighted by molar-refractivity contribution is 9.10. The molecule has 0 bridgehead atoms. The van der Waals surface area contributed by atoms with Crippen LogP contribution in [-0.4, -0.2) is 14.5 Å². The molecule has 1 unspecified atom stereocenters. The Morgan fingerprint density at radius 2 is 1.90 bits per heavy atom. The van der Waals surface area contributed by atoms with Crippen molar-refractivity contribution >= 4 is 31.6 Å². The minimum atomic E-state index is -3.74. The van der Waals surface area contributed by atoms with Crippen molar-refractivity contribution in [3.63, 3.8) is 0 Å². The maximum absolute atomic E-state index is 13.3. The molecule has 0 aromatic heterocycles. The monoisotopic (exact) mass is 366 g/mol. The van der Waals surface area contributed by atoms with Gasteiger partial charge >= 0.3 is 0 Å². The summed E-state index contributed by atoms with van der Waals surface area (Å²) in [4.78, 5) is -0.0470. The van der Waals surface area contributed by atoms with Crippen molar-refractivity contribution in [2.45, 2.75) is 44.6 Å². The van der Waals surface area contributed by atoms with Crippen LogP contribution in [0.3, 0.4) is 0 Å². The molecule has 0 aliphatic rings. The van der Waals surface area contributed by atoms with Gasteiger partial charge in [-0.1, -0.05) is 26.7 Å². The zero-order valence-electron chi connectivity index (χ0n) is 11.8. The van der Waals surface area contributed by atoms with E-state index in [-0.39, 0.29) is 27.0 Å². The summed E-state index contributed by atoms with van der Waals surface area (Å²) >= 11 is 3.06. The molecule has 7 heteroatoms. The van der Waals surface area contributed by atoms with E-state index in [0.717, 1.165) is 25.0 Å². The minimum Gasteiger partial charge on any atom is -0.396 e. The van der Waals surface area contributed by atoms with Crippen LogP contribution in [0.5, 0.6) is 0 Å². The van der Waals surface area contributed by atoms with Gasteiger partial charge in [0, 0.05) is 10.5 Å². The highest BCUT2D eigenvalue weighted by Crippen LogP contribution is 2.27. The zero-order valence-corrected chi connectivity index (χ0v) is 14.2. The summed E-state index contributed by atoms with van der Waals surface area (Å²) in [6.45, 7) is 5.87. The van der Waals surface area contributed by atoms with E-state index in [1.54, 1.807) is 0 Å². The number of nitrogens with two attached hydrogens (primary N) is 1. The van der Waals surface area contributed by atoms with E-state index in [9.17, 15) is 12.8 Å². The number of halogens is 2. The summed E-state index contributed by atoms with van der Waals surface area (Å²) in [6, 6.07) is 1.99. The fraction of sp³-hybridized carbons (Fsp3) is 0.538. The van der Waals surface area contributed by atoms with Crippen molar-refractivity contribution in [2.75, 3.05) is 5.73 Å². The molecule has 0 heterocycles. The molecule has 0 radical (unpaired) electrons.